The summed E-state index contributed by atoms with van der Waals surface area (Å²) >= 11 is 9.65. The molecule has 234 valence electrons. The SMILES string of the molecule is C[C@@H](NC(=O)c1c2n(c(=O)n1-c1ccc(OC3CC3)cc1)CCN(C(=O)c1ccc(Br)c(Cl)c1)C2)c1ccccc1-n1cncn1. The topological polar surface area (TPSA) is 116 Å². The van der Waals surface area contributed by atoms with Gasteiger partial charge in [-0.05, 0) is 89.8 Å². The molecule has 7 rings (SSSR count). The lowest BCUT2D eigenvalue weighted by Gasteiger charge is -2.28. The van der Waals surface area contributed by atoms with Crippen LogP contribution in [0.4, 0.5) is 0 Å². The highest BCUT2D eigenvalue weighted by molar-refractivity contribution is 9.10. The van der Waals surface area contributed by atoms with Crippen molar-refractivity contribution < 1.29 is 14.3 Å². The molecular weight excluding hydrogens is 674 g/mol. The van der Waals surface area contributed by atoms with Crippen LogP contribution >= 0.6 is 27.5 Å². The van der Waals surface area contributed by atoms with E-state index in [1.165, 1.54) is 10.9 Å². The lowest BCUT2D eigenvalue weighted by atomic mass is 10.1. The predicted molar refractivity (Wildman–Crippen MR) is 175 cm³/mol. The second kappa shape index (κ2) is 12.3. The molecule has 0 unspecified atom stereocenters. The number of benzene rings is 3. The number of para-hydroxylation sites is 1. The van der Waals surface area contributed by atoms with Gasteiger partial charge in [0.1, 0.15) is 24.1 Å². The average molecular weight is 703 g/mol. The molecule has 2 aromatic heterocycles. The van der Waals surface area contributed by atoms with Crippen molar-refractivity contribution in [1.82, 2.24) is 34.1 Å². The molecule has 1 aliphatic carbocycles. The number of nitrogens with zero attached hydrogens (tertiary/aromatic N) is 6. The van der Waals surface area contributed by atoms with Crippen molar-refractivity contribution in [3.8, 4) is 17.1 Å². The third-order valence-corrected chi connectivity index (χ3v) is 9.42. The maximum absolute atomic E-state index is 14.3. The minimum absolute atomic E-state index is 0.0598. The van der Waals surface area contributed by atoms with Gasteiger partial charge in [0.15, 0.2) is 0 Å². The summed E-state index contributed by atoms with van der Waals surface area (Å²) in [6.07, 6.45) is 5.32. The van der Waals surface area contributed by atoms with Crippen LogP contribution in [-0.2, 0) is 13.1 Å². The minimum Gasteiger partial charge on any atom is -0.490 e. The van der Waals surface area contributed by atoms with Crippen LogP contribution in [0.1, 0.15) is 57.9 Å². The maximum Gasteiger partial charge on any atom is 0.333 e. The van der Waals surface area contributed by atoms with Crippen LogP contribution in [0.2, 0.25) is 5.02 Å². The molecule has 1 saturated carbocycles. The van der Waals surface area contributed by atoms with Gasteiger partial charge >= 0.3 is 5.69 Å². The molecule has 0 bridgehead atoms. The summed E-state index contributed by atoms with van der Waals surface area (Å²) in [5.74, 6) is 0.00694. The lowest BCUT2D eigenvalue weighted by Crippen LogP contribution is -2.41. The van der Waals surface area contributed by atoms with E-state index in [0.717, 1.165) is 24.1 Å². The molecule has 13 heteroatoms. The Balaban J connectivity index is 1.26. The van der Waals surface area contributed by atoms with E-state index in [1.54, 1.807) is 50.8 Å². The fourth-order valence-corrected chi connectivity index (χ4v) is 6.13. The molecule has 3 aromatic carbocycles. The van der Waals surface area contributed by atoms with Gasteiger partial charge in [-0.3, -0.25) is 18.7 Å². The van der Waals surface area contributed by atoms with E-state index in [1.807, 2.05) is 43.3 Å². The van der Waals surface area contributed by atoms with Crippen molar-refractivity contribution in [3.05, 3.63) is 122 Å². The monoisotopic (exact) mass is 701 g/mol. The molecule has 2 amide bonds. The van der Waals surface area contributed by atoms with Gasteiger partial charge in [-0.1, -0.05) is 29.8 Å². The second-order valence-corrected chi connectivity index (χ2v) is 12.6. The average Bonchev–Trinajstić information content (AvgIpc) is 3.60. The van der Waals surface area contributed by atoms with Gasteiger partial charge in [0.25, 0.3) is 11.8 Å². The molecule has 1 N–H and O–H groups in total. The predicted octanol–water partition coefficient (Wildman–Crippen LogP) is 5.32. The summed E-state index contributed by atoms with van der Waals surface area (Å²) in [7, 11) is 0. The molecule has 1 atom stereocenters. The van der Waals surface area contributed by atoms with Crippen molar-refractivity contribution in [1.29, 1.82) is 0 Å². The molecule has 1 fully saturated rings. The number of carbonyl (C=O) groups excluding carboxylic acids is 2. The van der Waals surface area contributed by atoms with Crippen LogP contribution in [0.15, 0.2) is 88.7 Å². The van der Waals surface area contributed by atoms with E-state index in [-0.39, 0.29) is 36.5 Å². The van der Waals surface area contributed by atoms with E-state index in [0.29, 0.717) is 38.7 Å². The Labute approximate surface area is 277 Å². The first-order valence-corrected chi connectivity index (χ1v) is 16.1. The molecular formula is C33H29BrClN7O4. The highest BCUT2D eigenvalue weighted by atomic mass is 79.9. The number of hydrogen-bond acceptors (Lipinski definition) is 6. The van der Waals surface area contributed by atoms with E-state index < -0.39 is 11.9 Å². The zero-order chi connectivity index (χ0) is 31.9. The number of rotatable bonds is 8. The summed E-state index contributed by atoms with van der Waals surface area (Å²) in [6.45, 7) is 2.45. The third kappa shape index (κ3) is 5.74. The van der Waals surface area contributed by atoms with Crippen LogP contribution in [0.5, 0.6) is 5.75 Å². The normalized spacial score (nSPS) is 14.9. The van der Waals surface area contributed by atoms with Gasteiger partial charge in [0, 0.05) is 23.1 Å². The zero-order valence-corrected chi connectivity index (χ0v) is 27.1. The largest absolute Gasteiger partial charge is 0.490 e. The number of halogens is 2. The standard InChI is InChI=1S/C33H29BrClN7O4/c1-20(25-4-2-3-5-28(25)41-19-36-18-37-41)38-31(43)30-29-17-39(32(44)21-6-13-26(34)27(35)16-21)14-15-40(29)33(45)42(30)22-7-9-23(10-8-22)46-24-11-12-24/h2-10,13,16,18-20,24H,11-12,14-15,17H2,1H3,(H,38,43)/t20-/m1/s1. The fraction of sp³-hybridized carbons (Fsp3) is 0.242. The number of carbonyl (C=O) groups is 2. The summed E-state index contributed by atoms with van der Waals surface area (Å²) in [6, 6.07) is 19.3. The van der Waals surface area contributed by atoms with Crippen LogP contribution in [0.25, 0.3) is 11.4 Å². The summed E-state index contributed by atoms with van der Waals surface area (Å²) in [5, 5.41) is 7.77. The first kappa shape index (κ1) is 30.0. The van der Waals surface area contributed by atoms with Crippen molar-refractivity contribution in [2.45, 2.75) is 45.0 Å². The van der Waals surface area contributed by atoms with E-state index in [4.69, 9.17) is 16.3 Å². The molecule has 1 aliphatic heterocycles. The third-order valence-electron chi connectivity index (χ3n) is 8.19. The number of aromatic nitrogens is 5. The summed E-state index contributed by atoms with van der Waals surface area (Å²) in [4.78, 5) is 47.5. The van der Waals surface area contributed by atoms with E-state index in [9.17, 15) is 14.4 Å². The number of ether oxygens (including phenoxy) is 1. The Hall–Kier alpha value is -4.68. The van der Waals surface area contributed by atoms with Gasteiger partial charge in [0.2, 0.25) is 0 Å². The molecule has 0 saturated heterocycles. The van der Waals surface area contributed by atoms with Gasteiger partial charge in [-0.25, -0.2) is 14.5 Å². The number of amides is 2. The van der Waals surface area contributed by atoms with E-state index >= 15 is 0 Å². The Kier molecular flexibility index (Phi) is 7.99. The van der Waals surface area contributed by atoms with Crippen molar-refractivity contribution in [2.75, 3.05) is 6.54 Å². The van der Waals surface area contributed by atoms with Gasteiger partial charge in [-0.15, -0.1) is 0 Å². The highest BCUT2D eigenvalue weighted by Crippen LogP contribution is 2.29. The quantitative estimate of drug-likeness (QED) is 0.234. The number of imidazole rings is 1. The van der Waals surface area contributed by atoms with Crippen LogP contribution in [0.3, 0.4) is 0 Å². The second-order valence-electron chi connectivity index (χ2n) is 11.3. The van der Waals surface area contributed by atoms with Gasteiger partial charge in [0.05, 0.1) is 40.8 Å². The Morgan fingerprint density at radius 1 is 1.07 bits per heavy atom. The van der Waals surface area contributed by atoms with Crippen LogP contribution in [0, 0.1) is 0 Å². The van der Waals surface area contributed by atoms with Gasteiger partial charge < -0.3 is 15.0 Å². The first-order valence-electron chi connectivity index (χ1n) is 14.9. The van der Waals surface area contributed by atoms with Gasteiger partial charge in [-0.2, -0.15) is 5.10 Å². The molecule has 0 spiro atoms. The Morgan fingerprint density at radius 3 is 2.57 bits per heavy atom. The summed E-state index contributed by atoms with van der Waals surface area (Å²) in [5.41, 5.74) is 2.77. The molecule has 5 aromatic rings. The Morgan fingerprint density at radius 2 is 1.85 bits per heavy atom. The first-order chi connectivity index (χ1) is 22.3. The molecule has 46 heavy (non-hydrogen) atoms. The highest BCUT2D eigenvalue weighted by Gasteiger charge is 2.33. The fourth-order valence-electron chi connectivity index (χ4n) is 5.71. The Bertz CT molecular complexity index is 2000. The minimum atomic E-state index is -0.465. The van der Waals surface area contributed by atoms with Crippen molar-refractivity contribution >= 4 is 39.3 Å². The van der Waals surface area contributed by atoms with E-state index in [2.05, 4.69) is 31.3 Å². The molecule has 2 aliphatic rings. The number of fused-ring (bicyclic) bond motifs is 1. The smallest absolute Gasteiger partial charge is 0.333 e. The van der Waals surface area contributed by atoms with Crippen LogP contribution in [-0.4, -0.2) is 53.3 Å². The van der Waals surface area contributed by atoms with Crippen molar-refractivity contribution in [2.24, 2.45) is 0 Å². The van der Waals surface area contributed by atoms with Crippen molar-refractivity contribution in [3.63, 3.8) is 0 Å². The number of nitrogens with one attached hydrogen (secondary N) is 1. The molecule has 11 nitrogen and oxygen atoms in total. The molecule has 0 radical (unpaired) electrons. The summed E-state index contributed by atoms with van der Waals surface area (Å²) < 4.78 is 11.2. The van der Waals surface area contributed by atoms with Crippen LogP contribution < -0.4 is 15.7 Å². The molecule has 3 heterocycles. The lowest BCUT2D eigenvalue weighted by molar-refractivity contribution is 0.0706. The maximum atomic E-state index is 14.3. The zero-order valence-electron chi connectivity index (χ0n) is 24.8. The number of hydrogen-bond donors (Lipinski definition) is 1.